The molecule has 0 spiro atoms. The van der Waals surface area contributed by atoms with Gasteiger partial charge in [0.05, 0.1) is 12.2 Å². The van der Waals surface area contributed by atoms with Crippen LogP contribution in [0.3, 0.4) is 0 Å². The van der Waals surface area contributed by atoms with Crippen LogP contribution in [0.25, 0.3) is 0 Å². The largest absolute Gasteiger partial charge is 0.323 e. The van der Waals surface area contributed by atoms with E-state index in [1.807, 2.05) is 0 Å². The minimum Gasteiger partial charge on any atom is -0.323 e. The SMILES string of the molecule is CC1C(=O)NC(=O)CN1S(=O)(=O)c1ccccc1NN. The number of piperazine rings is 1. The van der Waals surface area contributed by atoms with E-state index >= 15 is 0 Å². The van der Waals surface area contributed by atoms with Crippen molar-refractivity contribution in [2.75, 3.05) is 12.0 Å². The number of carbonyl (C=O) groups excluding carboxylic acids is 2. The molecule has 1 aromatic rings. The molecule has 1 aromatic carbocycles. The van der Waals surface area contributed by atoms with Gasteiger partial charge in [-0.25, -0.2) is 8.42 Å². The molecule has 1 fully saturated rings. The van der Waals surface area contributed by atoms with E-state index in [1.54, 1.807) is 6.07 Å². The van der Waals surface area contributed by atoms with Crippen molar-refractivity contribution in [2.24, 2.45) is 5.84 Å². The Labute approximate surface area is 116 Å². The summed E-state index contributed by atoms with van der Waals surface area (Å²) >= 11 is 0. The van der Waals surface area contributed by atoms with Gasteiger partial charge in [-0.05, 0) is 19.1 Å². The molecule has 1 atom stereocenters. The number of hydrogen-bond acceptors (Lipinski definition) is 6. The van der Waals surface area contributed by atoms with Crippen LogP contribution >= 0.6 is 0 Å². The zero-order chi connectivity index (χ0) is 14.9. The second-order valence-electron chi connectivity index (χ2n) is 4.28. The van der Waals surface area contributed by atoms with E-state index in [1.165, 1.54) is 25.1 Å². The molecule has 0 radical (unpaired) electrons. The number of benzene rings is 1. The van der Waals surface area contributed by atoms with Crippen molar-refractivity contribution in [3.8, 4) is 0 Å². The monoisotopic (exact) mass is 298 g/mol. The van der Waals surface area contributed by atoms with E-state index in [2.05, 4.69) is 10.7 Å². The van der Waals surface area contributed by atoms with Gasteiger partial charge in [0.2, 0.25) is 21.8 Å². The van der Waals surface area contributed by atoms with Crippen LogP contribution in [0.5, 0.6) is 0 Å². The molecule has 1 unspecified atom stereocenters. The summed E-state index contributed by atoms with van der Waals surface area (Å²) in [4.78, 5) is 22.9. The fourth-order valence-corrected chi connectivity index (χ4v) is 3.63. The van der Waals surface area contributed by atoms with Gasteiger partial charge in [0.25, 0.3) is 0 Å². The van der Waals surface area contributed by atoms with Gasteiger partial charge in [-0.3, -0.25) is 20.7 Å². The van der Waals surface area contributed by atoms with E-state index in [-0.39, 0.29) is 10.6 Å². The van der Waals surface area contributed by atoms with E-state index < -0.39 is 34.4 Å². The molecular weight excluding hydrogens is 284 g/mol. The number of carbonyl (C=O) groups is 2. The molecule has 1 saturated heterocycles. The summed E-state index contributed by atoms with van der Waals surface area (Å²) in [6.45, 7) is 1.01. The number of amides is 2. The molecule has 1 heterocycles. The van der Waals surface area contributed by atoms with Gasteiger partial charge in [-0.2, -0.15) is 4.31 Å². The average molecular weight is 298 g/mol. The van der Waals surface area contributed by atoms with Crippen LogP contribution in [0.4, 0.5) is 5.69 Å². The number of sulfonamides is 1. The lowest BCUT2D eigenvalue weighted by atomic mass is 10.2. The summed E-state index contributed by atoms with van der Waals surface area (Å²) in [6.07, 6.45) is 0. The summed E-state index contributed by atoms with van der Waals surface area (Å²) in [5.74, 6) is 3.98. The Bertz CT molecular complexity index is 658. The van der Waals surface area contributed by atoms with Crippen LogP contribution in [0.15, 0.2) is 29.2 Å². The second kappa shape index (κ2) is 5.19. The number of anilines is 1. The molecular formula is C11H14N4O4S. The zero-order valence-corrected chi connectivity index (χ0v) is 11.5. The van der Waals surface area contributed by atoms with Crippen molar-refractivity contribution in [2.45, 2.75) is 17.9 Å². The van der Waals surface area contributed by atoms with E-state index in [9.17, 15) is 18.0 Å². The lowest BCUT2D eigenvalue weighted by molar-refractivity contribution is -0.136. The molecule has 1 aliphatic heterocycles. The Balaban J connectivity index is 2.49. The number of nitrogens with zero attached hydrogens (tertiary/aromatic N) is 1. The summed E-state index contributed by atoms with van der Waals surface area (Å²) in [5.41, 5.74) is 2.48. The first kappa shape index (κ1) is 14.4. The van der Waals surface area contributed by atoms with Crippen LogP contribution in [0, 0.1) is 0 Å². The van der Waals surface area contributed by atoms with Crippen molar-refractivity contribution < 1.29 is 18.0 Å². The fraction of sp³-hybridized carbons (Fsp3) is 0.273. The Morgan fingerprint density at radius 1 is 1.35 bits per heavy atom. The van der Waals surface area contributed by atoms with Gasteiger partial charge in [-0.1, -0.05) is 12.1 Å². The van der Waals surface area contributed by atoms with Crippen LogP contribution < -0.4 is 16.6 Å². The van der Waals surface area contributed by atoms with Crippen molar-refractivity contribution in [3.05, 3.63) is 24.3 Å². The highest BCUT2D eigenvalue weighted by atomic mass is 32.2. The summed E-state index contributed by atoms with van der Waals surface area (Å²) in [5, 5.41) is 2.09. The Hall–Kier alpha value is -1.97. The van der Waals surface area contributed by atoms with Crippen LogP contribution in [-0.2, 0) is 19.6 Å². The van der Waals surface area contributed by atoms with Gasteiger partial charge in [0.1, 0.15) is 10.9 Å². The number of para-hydroxylation sites is 1. The maximum atomic E-state index is 12.6. The molecule has 1 aliphatic rings. The van der Waals surface area contributed by atoms with E-state index in [0.717, 1.165) is 4.31 Å². The molecule has 8 nitrogen and oxygen atoms in total. The molecule has 108 valence electrons. The molecule has 0 aliphatic carbocycles. The maximum Gasteiger partial charge on any atom is 0.246 e. The minimum atomic E-state index is -4.01. The Kier molecular flexibility index (Phi) is 3.75. The maximum absolute atomic E-state index is 12.6. The molecule has 20 heavy (non-hydrogen) atoms. The number of hydrogen-bond donors (Lipinski definition) is 3. The Morgan fingerprint density at radius 3 is 2.65 bits per heavy atom. The first-order valence-electron chi connectivity index (χ1n) is 5.79. The van der Waals surface area contributed by atoms with Gasteiger partial charge in [0.15, 0.2) is 0 Å². The Morgan fingerprint density at radius 2 is 2.00 bits per heavy atom. The molecule has 2 rings (SSSR count). The fourth-order valence-electron chi connectivity index (χ4n) is 1.92. The van der Waals surface area contributed by atoms with Gasteiger partial charge in [-0.15, -0.1) is 0 Å². The number of nitrogen functional groups attached to an aromatic ring is 1. The van der Waals surface area contributed by atoms with Gasteiger partial charge >= 0.3 is 0 Å². The molecule has 0 aromatic heterocycles. The standard InChI is InChI=1S/C11H14N4O4S/c1-7-11(17)13-10(16)6-15(7)20(18,19)9-5-3-2-4-8(9)14-12/h2-5,7,14H,6,12H2,1H3,(H,13,16,17). The molecule has 9 heteroatoms. The quantitative estimate of drug-likeness (QED) is 0.374. The number of nitrogens with two attached hydrogens (primary N) is 1. The van der Waals surface area contributed by atoms with Crippen molar-refractivity contribution in [3.63, 3.8) is 0 Å². The summed E-state index contributed by atoms with van der Waals surface area (Å²) in [6, 6.07) is 5.02. The second-order valence-corrected chi connectivity index (χ2v) is 6.14. The normalized spacial score (nSPS) is 20.6. The number of imide groups is 1. The van der Waals surface area contributed by atoms with Crippen molar-refractivity contribution in [1.82, 2.24) is 9.62 Å². The van der Waals surface area contributed by atoms with E-state index in [0.29, 0.717) is 0 Å². The molecule has 2 amide bonds. The molecule has 0 bridgehead atoms. The average Bonchev–Trinajstić information content (AvgIpc) is 2.42. The first-order chi connectivity index (χ1) is 9.37. The van der Waals surface area contributed by atoms with E-state index in [4.69, 9.17) is 5.84 Å². The smallest absolute Gasteiger partial charge is 0.246 e. The minimum absolute atomic E-state index is 0.0862. The van der Waals surface area contributed by atoms with Gasteiger partial charge in [0, 0.05) is 0 Å². The lowest BCUT2D eigenvalue weighted by Gasteiger charge is -2.31. The summed E-state index contributed by atoms with van der Waals surface area (Å²) in [7, 11) is -4.01. The first-order valence-corrected chi connectivity index (χ1v) is 7.23. The highest BCUT2D eigenvalue weighted by molar-refractivity contribution is 7.89. The summed E-state index contributed by atoms with van der Waals surface area (Å²) < 4.78 is 26.0. The highest BCUT2D eigenvalue weighted by Gasteiger charge is 2.39. The molecule has 0 saturated carbocycles. The van der Waals surface area contributed by atoms with Crippen LogP contribution in [0.1, 0.15) is 6.92 Å². The third-order valence-corrected chi connectivity index (χ3v) is 4.98. The third-order valence-electron chi connectivity index (χ3n) is 3.00. The topological polar surface area (TPSA) is 122 Å². The highest BCUT2D eigenvalue weighted by Crippen LogP contribution is 2.25. The van der Waals surface area contributed by atoms with Gasteiger partial charge < -0.3 is 5.43 Å². The van der Waals surface area contributed by atoms with Crippen LogP contribution in [-0.4, -0.2) is 37.1 Å². The predicted molar refractivity (Wildman–Crippen MR) is 70.8 cm³/mol. The number of rotatable bonds is 3. The van der Waals surface area contributed by atoms with Crippen molar-refractivity contribution >= 4 is 27.5 Å². The molecule has 4 N–H and O–H groups in total. The van der Waals surface area contributed by atoms with Crippen molar-refractivity contribution in [1.29, 1.82) is 0 Å². The predicted octanol–water partition coefficient (Wildman–Crippen LogP) is -0.992. The van der Waals surface area contributed by atoms with Crippen LogP contribution in [0.2, 0.25) is 0 Å². The zero-order valence-electron chi connectivity index (χ0n) is 10.7. The number of nitrogens with one attached hydrogen (secondary N) is 2. The number of hydrazine groups is 1. The third kappa shape index (κ3) is 2.38. The lowest BCUT2D eigenvalue weighted by Crippen LogP contribution is -2.58.